The van der Waals surface area contributed by atoms with Gasteiger partial charge in [0.15, 0.2) is 5.96 Å². The van der Waals surface area contributed by atoms with Gasteiger partial charge < -0.3 is 19.8 Å². The fraction of sp³-hybridized carbons (Fsp3) is 0.524. The van der Waals surface area contributed by atoms with E-state index >= 15 is 0 Å². The molecule has 0 unspecified atom stereocenters. The van der Waals surface area contributed by atoms with E-state index in [4.69, 9.17) is 9.15 Å². The quantitative estimate of drug-likeness (QED) is 0.353. The van der Waals surface area contributed by atoms with Gasteiger partial charge in [-0.05, 0) is 17.7 Å². The molecule has 2 N–H and O–H groups in total. The number of hydrogen-bond donors (Lipinski definition) is 2. The fourth-order valence-electron chi connectivity index (χ4n) is 2.57. The molecule has 1 aromatic heterocycles. The van der Waals surface area contributed by atoms with Crippen LogP contribution in [0.2, 0.25) is 0 Å². The van der Waals surface area contributed by atoms with Crippen LogP contribution in [0.1, 0.15) is 51.8 Å². The van der Waals surface area contributed by atoms with Gasteiger partial charge in [0.1, 0.15) is 11.5 Å². The van der Waals surface area contributed by atoms with Crippen molar-refractivity contribution in [2.75, 3.05) is 20.7 Å². The summed E-state index contributed by atoms with van der Waals surface area (Å²) in [5.74, 6) is 3.10. The first-order chi connectivity index (χ1) is 12.7. The molecule has 1 aromatic carbocycles. The zero-order chi connectivity index (χ0) is 20.1. The first kappa shape index (κ1) is 24.3. The molecule has 0 aliphatic heterocycles. The summed E-state index contributed by atoms with van der Waals surface area (Å²) in [6.45, 7) is 11.9. The second-order valence-corrected chi connectivity index (χ2v) is 8.26. The number of benzene rings is 1. The van der Waals surface area contributed by atoms with Crippen molar-refractivity contribution in [3.63, 3.8) is 0 Å². The summed E-state index contributed by atoms with van der Waals surface area (Å²) in [6.07, 6.45) is 1.79. The standard InChI is InChI=1S/C21H32N4O2.HI/c1-20(2,3)17-12-23-18(27-17)13-24-19(22-6)25-14-21(4,5)15-8-10-16(26-7)11-9-15;/h8-12H,13-14H2,1-7H3,(H2,22,24,25);1H. The number of oxazole rings is 1. The number of aliphatic imine (C=N–C) groups is 1. The smallest absolute Gasteiger partial charge is 0.213 e. The maximum atomic E-state index is 5.81. The molecular weight excluding hydrogens is 467 g/mol. The van der Waals surface area contributed by atoms with Crippen molar-refractivity contribution in [3.8, 4) is 5.75 Å². The van der Waals surface area contributed by atoms with Crippen molar-refractivity contribution >= 4 is 29.9 Å². The molecule has 0 saturated heterocycles. The molecule has 0 spiro atoms. The van der Waals surface area contributed by atoms with Crippen LogP contribution in [0.3, 0.4) is 0 Å². The van der Waals surface area contributed by atoms with Crippen LogP contribution in [-0.2, 0) is 17.4 Å². The minimum Gasteiger partial charge on any atom is -0.497 e. The Morgan fingerprint density at radius 3 is 2.25 bits per heavy atom. The maximum absolute atomic E-state index is 5.81. The van der Waals surface area contributed by atoms with Crippen LogP contribution in [0.5, 0.6) is 5.75 Å². The largest absolute Gasteiger partial charge is 0.497 e. The van der Waals surface area contributed by atoms with Crippen molar-refractivity contribution in [3.05, 3.63) is 47.7 Å². The summed E-state index contributed by atoms with van der Waals surface area (Å²) in [4.78, 5) is 8.63. The number of hydrogen-bond acceptors (Lipinski definition) is 4. The SMILES string of the molecule is CN=C(NCc1ncc(C(C)(C)C)o1)NCC(C)(C)c1ccc(OC)cc1.I. The van der Waals surface area contributed by atoms with Crippen molar-refractivity contribution in [1.29, 1.82) is 0 Å². The second kappa shape index (κ2) is 10.1. The Morgan fingerprint density at radius 2 is 1.75 bits per heavy atom. The van der Waals surface area contributed by atoms with Crippen LogP contribution in [0, 0.1) is 0 Å². The molecule has 0 aliphatic carbocycles. The van der Waals surface area contributed by atoms with E-state index in [1.807, 2.05) is 12.1 Å². The maximum Gasteiger partial charge on any atom is 0.213 e. The number of halogens is 1. The summed E-state index contributed by atoms with van der Waals surface area (Å²) in [6, 6.07) is 8.16. The van der Waals surface area contributed by atoms with E-state index in [9.17, 15) is 0 Å². The lowest BCUT2D eigenvalue weighted by Gasteiger charge is -2.27. The molecule has 156 valence electrons. The van der Waals surface area contributed by atoms with Crippen LogP contribution in [0.25, 0.3) is 0 Å². The normalized spacial score (nSPS) is 12.3. The Bertz CT molecular complexity index is 761. The molecule has 1 heterocycles. The van der Waals surface area contributed by atoms with Gasteiger partial charge in [0.05, 0.1) is 19.9 Å². The summed E-state index contributed by atoms with van der Waals surface area (Å²) >= 11 is 0. The third kappa shape index (κ3) is 6.68. The van der Waals surface area contributed by atoms with Crippen molar-refractivity contribution in [1.82, 2.24) is 15.6 Å². The summed E-state index contributed by atoms with van der Waals surface area (Å²) < 4.78 is 11.0. The molecule has 0 amide bonds. The van der Waals surface area contributed by atoms with Gasteiger partial charge in [-0.2, -0.15) is 0 Å². The molecule has 0 aliphatic rings. The second-order valence-electron chi connectivity index (χ2n) is 8.26. The lowest BCUT2D eigenvalue weighted by molar-refractivity contribution is 0.379. The molecule has 0 fully saturated rings. The van der Waals surface area contributed by atoms with Crippen LogP contribution in [0.15, 0.2) is 39.9 Å². The van der Waals surface area contributed by atoms with Crippen molar-refractivity contribution in [2.45, 2.75) is 52.0 Å². The highest BCUT2D eigenvalue weighted by molar-refractivity contribution is 14.0. The van der Waals surface area contributed by atoms with E-state index in [0.29, 0.717) is 18.4 Å². The number of nitrogens with zero attached hydrogens (tertiary/aromatic N) is 2. The topological polar surface area (TPSA) is 71.7 Å². The number of nitrogens with one attached hydrogen (secondary N) is 2. The zero-order valence-electron chi connectivity index (χ0n) is 17.9. The van der Waals surface area contributed by atoms with Gasteiger partial charge in [-0.15, -0.1) is 24.0 Å². The highest BCUT2D eigenvalue weighted by atomic mass is 127. The average Bonchev–Trinajstić information content (AvgIpc) is 3.11. The number of methoxy groups -OCH3 is 1. The highest BCUT2D eigenvalue weighted by Crippen LogP contribution is 2.25. The van der Waals surface area contributed by atoms with E-state index in [1.54, 1.807) is 20.4 Å². The number of ether oxygens (including phenoxy) is 1. The van der Waals surface area contributed by atoms with E-state index < -0.39 is 0 Å². The van der Waals surface area contributed by atoms with Gasteiger partial charge in [0.25, 0.3) is 0 Å². The highest BCUT2D eigenvalue weighted by Gasteiger charge is 2.22. The van der Waals surface area contributed by atoms with Gasteiger partial charge >= 0.3 is 0 Å². The third-order valence-electron chi connectivity index (χ3n) is 4.49. The van der Waals surface area contributed by atoms with Gasteiger partial charge in [-0.25, -0.2) is 4.98 Å². The first-order valence-corrected chi connectivity index (χ1v) is 9.20. The summed E-state index contributed by atoms with van der Waals surface area (Å²) in [7, 11) is 3.43. The molecule has 7 heteroatoms. The molecule has 0 saturated carbocycles. The monoisotopic (exact) mass is 500 g/mol. The van der Waals surface area contributed by atoms with Gasteiger partial charge in [0.2, 0.25) is 5.89 Å². The van der Waals surface area contributed by atoms with E-state index in [1.165, 1.54) is 5.56 Å². The number of guanidine groups is 1. The molecule has 6 nitrogen and oxygen atoms in total. The van der Waals surface area contributed by atoms with Crippen LogP contribution in [0.4, 0.5) is 0 Å². The Balaban J connectivity index is 0.00000392. The predicted molar refractivity (Wildman–Crippen MR) is 125 cm³/mol. The molecule has 2 rings (SSSR count). The Kier molecular flexibility index (Phi) is 8.78. The molecule has 2 aromatic rings. The number of rotatable bonds is 6. The minimum atomic E-state index is -0.0633. The van der Waals surface area contributed by atoms with Crippen LogP contribution < -0.4 is 15.4 Å². The minimum absolute atomic E-state index is 0. The molecule has 0 bridgehead atoms. The Morgan fingerprint density at radius 1 is 1.11 bits per heavy atom. The average molecular weight is 500 g/mol. The van der Waals surface area contributed by atoms with Gasteiger partial charge in [-0.3, -0.25) is 4.99 Å². The lowest BCUT2D eigenvalue weighted by atomic mass is 9.84. The fourth-order valence-corrected chi connectivity index (χ4v) is 2.57. The van der Waals surface area contributed by atoms with E-state index in [-0.39, 0.29) is 34.8 Å². The number of aromatic nitrogens is 1. The molecule has 28 heavy (non-hydrogen) atoms. The predicted octanol–water partition coefficient (Wildman–Crippen LogP) is 4.24. The Labute approximate surface area is 185 Å². The van der Waals surface area contributed by atoms with Crippen molar-refractivity contribution in [2.24, 2.45) is 4.99 Å². The first-order valence-electron chi connectivity index (χ1n) is 9.20. The van der Waals surface area contributed by atoms with Gasteiger partial charge in [0, 0.05) is 24.4 Å². The zero-order valence-corrected chi connectivity index (χ0v) is 20.3. The van der Waals surface area contributed by atoms with E-state index in [2.05, 4.69) is 67.4 Å². The van der Waals surface area contributed by atoms with Crippen LogP contribution >= 0.6 is 24.0 Å². The Hall–Kier alpha value is -1.77. The van der Waals surface area contributed by atoms with E-state index in [0.717, 1.165) is 18.1 Å². The molecule has 0 atom stereocenters. The molecular formula is C21H33IN4O2. The third-order valence-corrected chi connectivity index (χ3v) is 4.49. The van der Waals surface area contributed by atoms with Crippen LogP contribution in [-0.4, -0.2) is 31.6 Å². The molecule has 0 radical (unpaired) electrons. The van der Waals surface area contributed by atoms with Crippen molar-refractivity contribution < 1.29 is 9.15 Å². The van der Waals surface area contributed by atoms with Gasteiger partial charge in [-0.1, -0.05) is 46.8 Å². The summed E-state index contributed by atoms with van der Waals surface area (Å²) in [5.41, 5.74) is 1.12. The lowest BCUT2D eigenvalue weighted by Crippen LogP contribution is -2.43. The summed E-state index contributed by atoms with van der Waals surface area (Å²) in [5, 5.41) is 6.64.